The number of hydrogen-bond acceptors (Lipinski definition) is 1. The fourth-order valence-corrected chi connectivity index (χ4v) is 12.9. The van der Waals surface area contributed by atoms with Gasteiger partial charge in [-0.25, -0.2) is 0 Å². The second-order valence-corrected chi connectivity index (χ2v) is 19.9. The average Bonchev–Trinajstić information content (AvgIpc) is 4.00. The predicted molar refractivity (Wildman–Crippen MR) is 297 cm³/mol. The summed E-state index contributed by atoms with van der Waals surface area (Å²) in [7, 11) is 0. The summed E-state index contributed by atoms with van der Waals surface area (Å²) in [6, 6.07) is 97.4. The van der Waals surface area contributed by atoms with E-state index in [1.807, 2.05) is 0 Å². The molecular formula is C70H49N. The lowest BCUT2D eigenvalue weighted by molar-refractivity contribution is 0.660. The maximum atomic E-state index is 2.54. The van der Waals surface area contributed by atoms with Crippen molar-refractivity contribution in [3.05, 3.63) is 294 Å². The number of benzene rings is 11. The van der Waals surface area contributed by atoms with Gasteiger partial charge in [-0.2, -0.15) is 0 Å². The van der Waals surface area contributed by atoms with Crippen molar-refractivity contribution in [1.82, 2.24) is 0 Å². The zero-order chi connectivity index (χ0) is 47.3. The second-order valence-electron chi connectivity index (χ2n) is 19.9. The molecule has 334 valence electrons. The van der Waals surface area contributed by atoms with Gasteiger partial charge in [-0.1, -0.05) is 244 Å². The van der Waals surface area contributed by atoms with E-state index in [1.165, 1.54) is 111 Å². The molecule has 0 aromatic heterocycles. The van der Waals surface area contributed by atoms with E-state index < -0.39 is 5.41 Å². The highest BCUT2D eigenvalue weighted by Gasteiger charge is 2.51. The SMILES string of the molecule is CC1(C)c2ccccc2-c2c(-c3cccc(N(c4ccc5c(c4)-c4ccccc4C54c5ccccc5-c5ccccc54)c4cccc(-c5ccccc5)c4-c4ccccc4-c4ccccc4)c3)cccc21. The number of hydrogen-bond donors (Lipinski definition) is 0. The minimum Gasteiger partial charge on any atom is -0.310 e. The van der Waals surface area contributed by atoms with Gasteiger partial charge < -0.3 is 4.90 Å². The first kappa shape index (κ1) is 41.2. The maximum Gasteiger partial charge on any atom is 0.0725 e. The molecule has 0 atom stereocenters. The van der Waals surface area contributed by atoms with E-state index in [-0.39, 0.29) is 5.41 Å². The number of fused-ring (bicyclic) bond motifs is 13. The van der Waals surface area contributed by atoms with Crippen LogP contribution >= 0.6 is 0 Å². The van der Waals surface area contributed by atoms with E-state index in [1.54, 1.807) is 0 Å². The summed E-state index contributed by atoms with van der Waals surface area (Å²) in [6.45, 7) is 4.74. The molecule has 3 aliphatic rings. The Labute approximate surface area is 416 Å². The molecule has 0 aliphatic heterocycles. The van der Waals surface area contributed by atoms with Gasteiger partial charge in [-0.05, 0) is 136 Å². The molecule has 71 heavy (non-hydrogen) atoms. The monoisotopic (exact) mass is 903 g/mol. The molecule has 0 heterocycles. The Kier molecular flexibility index (Phi) is 9.22. The molecule has 11 aromatic rings. The van der Waals surface area contributed by atoms with Crippen molar-refractivity contribution in [2.45, 2.75) is 24.7 Å². The molecule has 1 spiro atoms. The van der Waals surface area contributed by atoms with Gasteiger partial charge in [0.15, 0.2) is 0 Å². The van der Waals surface area contributed by atoms with Crippen LogP contribution in [0.2, 0.25) is 0 Å². The molecular weight excluding hydrogens is 855 g/mol. The van der Waals surface area contributed by atoms with Crippen molar-refractivity contribution in [2.24, 2.45) is 0 Å². The Morgan fingerprint density at radius 2 is 0.676 bits per heavy atom. The highest BCUT2D eigenvalue weighted by Crippen LogP contribution is 2.63. The van der Waals surface area contributed by atoms with Crippen LogP contribution in [-0.4, -0.2) is 0 Å². The summed E-state index contributed by atoms with van der Waals surface area (Å²) >= 11 is 0. The molecule has 0 bridgehead atoms. The Balaban J connectivity index is 1.05. The Bertz CT molecular complexity index is 3870. The molecule has 0 saturated carbocycles. The highest BCUT2D eigenvalue weighted by molar-refractivity contribution is 6.03. The third-order valence-corrected chi connectivity index (χ3v) is 15.9. The second kappa shape index (κ2) is 15.9. The van der Waals surface area contributed by atoms with Gasteiger partial charge in [-0.15, -0.1) is 0 Å². The molecule has 1 nitrogen and oxygen atoms in total. The van der Waals surface area contributed by atoms with Crippen LogP contribution in [0.25, 0.3) is 77.9 Å². The van der Waals surface area contributed by atoms with Gasteiger partial charge in [0.1, 0.15) is 0 Å². The normalized spacial score (nSPS) is 13.7. The topological polar surface area (TPSA) is 3.24 Å². The molecule has 1 heteroatoms. The third kappa shape index (κ3) is 6.00. The standard InChI is InChI=1S/C70H49N/c1-69(2)60-36-15-14-33-58(60)67-53(34-20-40-65(67)69)48-26-19-27-49(44-48)71(66-41-21-35-52(47-24-7-4-8-25-47)68(66)57-32-10-9-28-51(57)46-22-5-3-6-23-46)50-42-43-64-59(45-50)56-31-13-18-39-63(56)70(64)61-37-16-11-29-54(61)55-30-12-17-38-62(55)70/h3-45H,1-2H3. The van der Waals surface area contributed by atoms with Gasteiger partial charge in [0.2, 0.25) is 0 Å². The van der Waals surface area contributed by atoms with E-state index in [0.29, 0.717) is 0 Å². The maximum absolute atomic E-state index is 2.54. The third-order valence-electron chi connectivity index (χ3n) is 15.9. The molecule has 14 rings (SSSR count). The van der Waals surface area contributed by atoms with Crippen LogP contribution in [0, 0.1) is 0 Å². The van der Waals surface area contributed by atoms with Gasteiger partial charge in [0.25, 0.3) is 0 Å². The van der Waals surface area contributed by atoms with Crippen LogP contribution in [0.1, 0.15) is 47.2 Å². The van der Waals surface area contributed by atoms with Crippen LogP contribution in [0.15, 0.2) is 261 Å². The summed E-state index contributed by atoms with van der Waals surface area (Å²) in [5, 5.41) is 0. The number of anilines is 3. The zero-order valence-corrected chi connectivity index (χ0v) is 39.8. The van der Waals surface area contributed by atoms with Crippen molar-refractivity contribution in [2.75, 3.05) is 4.90 Å². The van der Waals surface area contributed by atoms with Crippen molar-refractivity contribution in [1.29, 1.82) is 0 Å². The van der Waals surface area contributed by atoms with Crippen LogP contribution in [0.4, 0.5) is 17.1 Å². The van der Waals surface area contributed by atoms with E-state index in [4.69, 9.17) is 0 Å². The Morgan fingerprint density at radius 3 is 1.32 bits per heavy atom. The highest BCUT2D eigenvalue weighted by atomic mass is 15.1. The van der Waals surface area contributed by atoms with Crippen LogP contribution in [0.3, 0.4) is 0 Å². The summed E-state index contributed by atoms with van der Waals surface area (Å²) in [6.07, 6.45) is 0. The smallest absolute Gasteiger partial charge is 0.0725 e. The Hall–Kier alpha value is -8.78. The lowest BCUT2D eigenvalue weighted by Crippen LogP contribution is -2.25. The lowest BCUT2D eigenvalue weighted by atomic mass is 9.70. The van der Waals surface area contributed by atoms with E-state index >= 15 is 0 Å². The lowest BCUT2D eigenvalue weighted by Gasteiger charge is -2.32. The van der Waals surface area contributed by atoms with E-state index in [9.17, 15) is 0 Å². The van der Waals surface area contributed by atoms with E-state index in [0.717, 1.165) is 17.1 Å². The zero-order valence-electron chi connectivity index (χ0n) is 39.8. The minimum absolute atomic E-state index is 0.108. The molecule has 0 radical (unpaired) electrons. The molecule has 0 N–H and O–H groups in total. The quantitative estimate of drug-likeness (QED) is 0.154. The number of nitrogens with zero attached hydrogens (tertiary/aromatic N) is 1. The summed E-state index contributed by atoms with van der Waals surface area (Å²) in [4.78, 5) is 2.54. The molecule has 0 fully saturated rings. The largest absolute Gasteiger partial charge is 0.310 e. The fraction of sp³-hybridized carbons (Fsp3) is 0.0571. The first-order chi connectivity index (χ1) is 35.0. The minimum atomic E-state index is -0.437. The average molecular weight is 904 g/mol. The fourth-order valence-electron chi connectivity index (χ4n) is 12.9. The van der Waals surface area contributed by atoms with Gasteiger partial charge >= 0.3 is 0 Å². The first-order valence-electron chi connectivity index (χ1n) is 24.9. The molecule has 0 amide bonds. The Morgan fingerprint density at radius 1 is 0.254 bits per heavy atom. The van der Waals surface area contributed by atoms with Gasteiger partial charge in [-0.3, -0.25) is 0 Å². The number of rotatable bonds is 7. The summed E-state index contributed by atoms with van der Waals surface area (Å²) < 4.78 is 0. The van der Waals surface area contributed by atoms with Crippen molar-refractivity contribution in [3.8, 4) is 77.9 Å². The van der Waals surface area contributed by atoms with Crippen molar-refractivity contribution >= 4 is 17.1 Å². The van der Waals surface area contributed by atoms with Crippen molar-refractivity contribution in [3.63, 3.8) is 0 Å². The molecule has 3 aliphatic carbocycles. The van der Waals surface area contributed by atoms with Gasteiger partial charge in [0, 0.05) is 22.4 Å². The predicted octanol–water partition coefficient (Wildman–Crippen LogP) is 18.5. The van der Waals surface area contributed by atoms with Gasteiger partial charge in [0.05, 0.1) is 11.1 Å². The first-order valence-corrected chi connectivity index (χ1v) is 24.9. The summed E-state index contributed by atoms with van der Waals surface area (Å²) in [5.41, 5.74) is 28.2. The van der Waals surface area contributed by atoms with E-state index in [2.05, 4.69) is 280 Å². The van der Waals surface area contributed by atoms with Crippen LogP contribution in [-0.2, 0) is 10.8 Å². The van der Waals surface area contributed by atoms with Crippen molar-refractivity contribution < 1.29 is 0 Å². The summed E-state index contributed by atoms with van der Waals surface area (Å²) in [5.74, 6) is 0. The van der Waals surface area contributed by atoms with Crippen LogP contribution < -0.4 is 4.90 Å². The molecule has 0 saturated heterocycles. The van der Waals surface area contributed by atoms with Crippen LogP contribution in [0.5, 0.6) is 0 Å². The molecule has 11 aromatic carbocycles. The molecule has 0 unspecified atom stereocenters.